The molecular formula is C24H20ClNO3S. The van der Waals surface area contributed by atoms with Gasteiger partial charge in [0.25, 0.3) is 0 Å². The SMILES string of the molecule is Cc1cc(-c2oc(Cc3ccccc3)nc2-c2ccc(S(C)(=O)=O)cc2)ccc1Cl. The summed E-state index contributed by atoms with van der Waals surface area (Å²) >= 11 is 6.19. The van der Waals surface area contributed by atoms with Gasteiger partial charge in [0.1, 0.15) is 5.69 Å². The maximum absolute atomic E-state index is 11.8. The average molecular weight is 438 g/mol. The minimum Gasteiger partial charge on any atom is -0.440 e. The van der Waals surface area contributed by atoms with Crippen LogP contribution in [0.5, 0.6) is 0 Å². The molecule has 30 heavy (non-hydrogen) atoms. The second kappa shape index (κ2) is 8.09. The Labute approximate surface area is 181 Å². The molecule has 0 aliphatic heterocycles. The molecule has 0 fully saturated rings. The quantitative estimate of drug-likeness (QED) is 0.386. The second-order valence-electron chi connectivity index (χ2n) is 7.21. The molecule has 1 heterocycles. The van der Waals surface area contributed by atoms with Gasteiger partial charge in [-0.2, -0.15) is 0 Å². The largest absolute Gasteiger partial charge is 0.440 e. The van der Waals surface area contributed by atoms with Crippen LogP contribution >= 0.6 is 11.6 Å². The second-order valence-corrected chi connectivity index (χ2v) is 9.63. The van der Waals surface area contributed by atoms with Crippen LogP contribution in [0.2, 0.25) is 5.02 Å². The fourth-order valence-electron chi connectivity index (χ4n) is 3.25. The summed E-state index contributed by atoms with van der Waals surface area (Å²) in [6.07, 6.45) is 1.75. The van der Waals surface area contributed by atoms with E-state index in [9.17, 15) is 8.42 Å². The lowest BCUT2D eigenvalue weighted by Gasteiger charge is -2.05. The number of hydrogen-bond donors (Lipinski definition) is 0. The number of aryl methyl sites for hydroxylation is 1. The van der Waals surface area contributed by atoms with Crippen LogP contribution < -0.4 is 0 Å². The first-order valence-corrected chi connectivity index (χ1v) is 11.7. The minimum atomic E-state index is -3.27. The molecular weight excluding hydrogens is 418 g/mol. The molecule has 1 aromatic heterocycles. The lowest BCUT2D eigenvalue weighted by molar-refractivity contribution is 0.519. The van der Waals surface area contributed by atoms with Crippen molar-refractivity contribution in [3.63, 3.8) is 0 Å². The molecule has 0 saturated heterocycles. The van der Waals surface area contributed by atoms with Crippen LogP contribution in [-0.4, -0.2) is 19.7 Å². The third-order valence-corrected chi connectivity index (χ3v) is 6.40. The molecule has 0 spiro atoms. The summed E-state index contributed by atoms with van der Waals surface area (Å²) in [6.45, 7) is 1.94. The van der Waals surface area contributed by atoms with Gasteiger partial charge >= 0.3 is 0 Å². The molecule has 6 heteroatoms. The highest BCUT2D eigenvalue weighted by Crippen LogP contribution is 2.35. The van der Waals surface area contributed by atoms with E-state index in [1.165, 1.54) is 6.26 Å². The molecule has 0 saturated carbocycles. The van der Waals surface area contributed by atoms with Gasteiger partial charge in [0, 0.05) is 28.8 Å². The molecule has 0 radical (unpaired) electrons. The lowest BCUT2D eigenvalue weighted by Crippen LogP contribution is -1.96. The maximum Gasteiger partial charge on any atom is 0.199 e. The third kappa shape index (κ3) is 4.32. The average Bonchev–Trinajstić information content (AvgIpc) is 3.14. The van der Waals surface area contributed by atoms with Gasteiger partial charge in [-0.3, -0.25) is 0 Å². The normalized spacial score (nSPS) is 11.6. The Morgan fingerprint density at radius 1 is 0.933 bits per heavy atom. The van der Waals surface area contributed by atoms with Gasteiger partial charge in [0.05, 0.1) is 4.90 Å². The highest BCUT2D eigenvalue weighted by atomic mass is 35.5. The standard InChI is InChI=1S/C24H20ClNO3S/c1-16-14-19(10-13-21(16)25)24-23(18-8-11-20(12-9-18)30(2,27)28)26-22(29-24)15-17-6-4-3-5-7-17/h3-14H,15H2,1-2H3. The van der Waals surface area contributed by atoms with Crippen molar-refractivity contribution in [1.82, 2.24) is 4.98 Å². The molecule has 0 aliphatic carbocycles. The zero-order valence-electron chi connectivity index (χ0n) is 16.6. The van der Waals surface area contributed by atoms with Crippen LogP contribution in [0.25, 0.3) is 22.6 Å². The van der Waals surface area contributed by atoms with Gasteiger partial charge in [0.2, 0.25) is 0 Å². The van der Waals surface area contributed by atoms with E-state index < -0.39 is 9.84 Å². The van der Waals surface area contributed by atoms with Crippen molar-refractivity contribution < 1.29 is 12.8 Å². The van der Waals surface area contributed by atoms with Crippen molar-refractivity contribution in [1.29, 1.82) is 0 Å². The summed E-state index contributed by atoms with van der Waals surface area (Å²) in [5.41, 5.74) is 4.35. The van der Waals surface area contributed by atoms with Crippen LogP contribution in [-0.2, 0) is 16.3 Å². The van der Waals surface area contributed by atoms with Crippen LogP contribution in [0, 0.1) is 6.92 Å². The predicted molar refractivity (Wildman–Crippen MR) is 119 cm³/mol. The molecule has 4 rings (SSSR count). The van der Waals surface area contributed by atoms with Crippen LogP contribution in [0.1, 0.15) is 17.0 Å². The number of nitrogens with zero attached hydrogens (tertiary/aromatic N) is 1. The summed E-state index contributed by atoms with van der Waals surface area (Å²) < 4.78 is 29.8. The number of aromatic nitrogens is 1. The number of sulfone groups is 1. The minimum absolute atomic E-state index is 0.267. The van der Waals surface area contributed by atoms with Crippen molar-refractivity contribution in [2.24, 2.45) is 0 Å². The van der Waals surface area contributed by atoms with E-state index in [1.54, 1.807) is 24.3 Å². The van der Waals surface area contributed by atoms with Crippen molar-refractivity contribution in [3.8, 4) is 22.6 Å². The van der Waals surface area contributed by atoms with E-state index in [-0.39, 0.29) is 4.90 Å². The van der Waals surface area contributed by atoms with E-state index in [1.807, 2.05) is 55.5 Å². The molecule has 4 nitrogen and oxygen atoms in total. The monoisotopic (exact) mass is 437 g/mol. The van der Waals surface area contributed by atoms with Crippen molar-refractivity contribution in [3.05, 3.63) is 94.8 Å². The van der Waals surface area contributed by atoms with Crippen LogP contribution in [0.15, 0.2) is 82.1 Å². The van der Waals surface area contributed by atoms with E-state index >= 15 is 0 Å². The number of hydrogen-bond acceptors (Lipinski definition) is 4. The fourth-order valence-corrected chi connectivity index (χ4v) is 4.00. The Balaban J connectivity index is 1.81. The van der Waals surface area contributed by atoms with Gasteiger partial charge in [-0.15, -0.1) is 0 Å². The first kappa shape index (κ1) is 20.4. The molecule has 0 bridgehead atoms. The summed E-state index contributed by atoms with van der Waals surface area (Å²) in [6, 6.07) is 22.4. The first-order valence-electron chi connectivity index (χ1n) is 9.42. The number of oxazole rings is 1. The van der Waals surface area contributed by atoms with Gasteiger partial charge in [-0.05, 0) is 48.4 Å². The Morgan fingerprint density at radius 3 is 2.23 bits per heavy atom. The van der Waals surface area contributed by atoms with Crippen LogP contribution in [0.4, 0.5) is 0 Å². The van der Waals surface area contributed by atoms with Crippen molar-refractivity contribution in [2.45, 2.75) is 18.2 Å². The molecule has 0 aliphatic rings. The highest BCUT2D eigenvalue weighted by Gasteiger charge is 2.18. The third-order valence-electron chi connectivity index (χ3n) is 4.85. The van der Waals surface area contributed by atoms with E-state index in [2.05, 4.69) is 0 Å². The van der Waals surface area contributed by atoms with Gasteiger partial charge < -0.3 is 4.42 Å². The summed E-state index contributed by atoms with van der Waals surface area (Å²) in [7, 11) is -3.27. The molecule has 0 amide bonds. The molecule has 0 N–H and O–H groups in total. The topological polar surface area (TPSA) is 60.2 Å². The smallest absolute Gasteiger partial charge is 0.199 e. The van der Waals surface area contributed by atoms with E-state index in [0.717, 1.165) is 22.3 Å². The van der Waals surface area contributed by atoms with Crippen molar-refractivity contribution >= 4 is 21.4 Å². The Bertz CT molecular complexity index is 1290. The summed E-state index contributed by atoms with van der Waals surface area (Å²) in [5.74, 6) is 1.22. The number of benzene rings is 3. The van der Waals surface area contributed by atoms with Gasteiger partial charge in [-0.1, -0.05) is 54.1 Å². The zero-order valence-corrected chi connectivity index (χ0v) is 18.2. The Morgan fingerprint density at radius 2 is 1.60 bits per heavy atom. The molecule has 4 aromatic rings. The predicted octanol–water partition coefficient (Wildman–Crippen LogP) is 5.96. The zero-order chi connectivity index (χ0) is 21.3. The highest BCUT2D eigenvalue weighted by molar-refractivity contribution is 7.90. The lowest BCUT2D eigenvalue weighted by atomic mass is 10.0. The molecule has 3 aromatic carbocycles. The van der Waals surface area contributed by atoms with Crippen molar-refractivity contribution in [2.75, 3.05) is 6.26 Å². The van der Waals surface area contributed by atoms with Crippen LogP contribution in [0.3, 0.4) is 0 Å². The van der Waals surface area contributed by atoms with Gasteiger partial charge in [0.15, 0.2) is 21.5 Å². The molecule has 152 valence electrons. The van der Waals surface area contributed by atoms with E-state index in [4.69, 9.17) is 21.0 Å². The van der Waals surface area contributed by atoms with Gasteiger partial charge in [-0.25, -0.2) is 13.4 Å². The van der Waals surface area contributed by atoms with E-state index in [0.29, 0.717) is 28.8 Å². The Hall–Kier alpha value is -2.89. The fraction of sp³-hybridized carbons (Fsp3) is 0.125. The summed E-state index contributed by atoms with van der Waals surface area (Å²) in [4.78, 5) is 5.01. The summed E-state index contributed by atoms with van der Waals surface area (Å²) in [5, 5.41) is 0.682. The Kier molecular flexibility index (Phi) is 5.50. The maximum atomic E-state index is 11.8. The number of rotatable bonds is 5. The molecule has 0 unspecified atom stereocenters. The molecule has 0 atom stereocenters. The first-order chi connectivity index (χ1) is 14.3. The number of halogens is 1.